The summed E-state index contributed by atoms with van der Waals surface area (Å²) >= 11 is 1.56. The third kappa shape index (κ3) is 5.02. The van der Waals surface area contributed by atoms with Crippen LogP contribution in [0.15, 0.2) is 11.3 Å². The molecule has 8 nitrogen and oxygen atoms in total. The molecule has 2 aliphatic heterocycles. The van der Waals surface area contributed by atoms with Crippen LogP contribution in [0.3, 0.4) is 0 Å². The Morgan fingerprint density at radius 1 is 1.14 bits per heavy atom. The SMILES string of the molecule is C#CCNC(=O)C1=C(C)CSC2C(NC(=O)CC[C@@H](C)[C@H]3CC[C@H]4[C@@H]5CC[C@@H]6C[C@H](O)CC[C@]6(C)C5C[C@H](O)[C@]34C)C(=O)N12. The molecule has 0 spiro atoms. The van der Waals surface area contributed by atoms with E-state index >= 15 is 0 Å². The Morgan fingerprint density at radius 2 is 1.91 bits per heavy atom. The minimum absolute atomic E-state index is 0.0950. The standard InChI is InChI=1S/C35H51N3O5S/c1-6-15-36-31(42)30-20(3)18-44-33-29(32(43)38(30)33)37-28(41)12-7-19(2)24-10-11-25-23-9-8-21-16-22(39)13-14-34(21,4)26(23)17-27(40)35(24,25)5/h1,19,21-27,29,33,39-40H,7-18H2,2-5H3,(H,36,42)(H,37,41)/t19-,21-,22-,23+,24-,25+,26?,27+,29?,33?,34+,35-/m1/s1. The van der Waals surface area contributed by atoms with E-state index in [-0.39, 0.29) is 58.6 Å². The first kappa shape index (κ1) is 31.9. The number of terminal acetylenes is 1. The molecule has 6 aliphatic rings. The quantitative estimate of drug-likeness (QED) is 0.253. The van der Waals surface area contributed by atoms with Crippen LogP contribution in [-0.4, -0.2) is 68.8 Å². The van der Waals surface area contributed by atoms with E-state index in [4.69, 9.17) is 6.42 Å². The number of nitrogens with zero attached hydrogens (tertiary/aromatic N) is 1. The minimum Gasteiger partial charge on any atom is -0.393 e. The lowest BCUT2D eigenvalue weighted by Crippen LogP contribution is -2.71. The fraction of sp³-hybridized carbons (Fsp3) is 0.800. The van der Waals surface area contributed by atoms with E-state index in [1.807, 2.05) is 6.92 Å². The highest BCUT2D eigenvalue weighted by atomic mass is 32.2. The van der Waals surface area contributed by atoms with Crippen LogP contribution in [-0.2, 0) is 14.4 Å². The average molecular weight is 626 g/mol. The number of rotatable bonds is 7. The van der Waals surface area contributed by atoms with Crippen LogP contribution >= 0.6 is 11.8 Å². The van der Waals surface area contributed by atoms with Gasteiger partial charge in [-0.05, 0) is 117 Å². The summed E-state index contributed by atoms with van der Waals surface area (Å²) in [5.41, 5.74) is 1.26. The van der Waals surface area contributed by atoms with Gasteiger partial charge in [0.05, 0.1) is 18.8 Å². The highest BCUT2D eigenvalue weighted by molar-refractivity contribution is 8.00. The molecule has 6 rings (SSSR count). The number of amides is 3. The third-order valence-corrected chi connectivity index (χ3v) is 14.8. The third-order valence-electron chi connectivity index (χ3n) is 13.4. The smallest absolute Gasteiger partial charge is 0.268 e. The van der Waals surface area contributed by atoms with Crippen LogP contribution in [0.1, 0.15) is 91.9 Å². The van der Waals surface area contributed by atoms with Crippen LogP contribution in [0.25, 0.3) is 0 Å². The van der Waals surface area contributed by atoms with Gasteiger partial charge in [0.15, 0.2) is 0 Å². The molecule has 3 amide bonds. The van der Waals surface area contributed by atoms with Gasteiger partial charge in [-0.25, -0.2) is 0 Å². The van der Waals surface area contributed by atoms with E-state index in [2.05, 4.69) is 37.3 Å². The van der Waals surface area contributed by atoms with Crippen LogP contribution in [0.2, 0.25) is 0 Å². The Bertz CT molecular complexity index is 1260. The lowest BCUT2D eigenvalue weighted by molar-refractivity contribution is -0.175. The van der Waals surface area contributed by atoms with Crippen LogP contribution in [0, 0.1) is 58.7 Å². The number of β-lactam (4-membered cyclic amide) rings is 1. The molecule has 3 unspecified atom stereocenters. The van der Waals surface area contributed by atoms with Crippen molar-refractivity contribution in [1.82, 2.24) is 15.5 Å². The first-order valence-electron chi connectivity index (χ1n) is 16.9. The number of aliphatic hydroxyl groups excluding tert-OH is 2. The van der Waals surface area contributed by atoms with Crippen molar-refractivity contribution >= 4 is 29.5 Å². The molecular formula is C35H51N3O5S. The molecule has 12 atom stereocenters. The van der Waals surface area contributed by atoms with Gasteiger partial charge in [0.2, 0.25) is 5.91 Å². The van der Waals surface area contributed by atoms with Crippen molar-refractivity contribution in [2.45, 2.75) is 116 Å². The molecule has 4 saturated carbocycles. The maximum atomic E-state index is 13.1. The maximum Gasteiger partial charge on any atom is 0.268 e. The Kier molecular flexibility index (Phi) is 8.69. The zero-order chi connectivity index (χ0) is 31.6. The van der Waals surface area contributed by atoms with Crippen molar-refractivity contribution in [3.63, 3.8) is 0 Å². The second kappa shape index (κ2) is 12.0. The summed E-state index contributed by atoms with van der Waals surface area (Å²) in [5, 5.41) is 27.5. The molecule has 0 aromatic rings. The first-order valence-corrected chi connectivity index (χ1v) is 18.0. The number of hydrogen-bond donors (Lipinski definition) is 4. The summed E-state index contributed by atoms with van der Waals surface area (Å²) in [7, 11) is 0. The van der Waals surface area contributed by atoms with E-state index in [0.717, 1.165) is 50.5 Å². The van der Waals surface area contributed by atoms with Gasteiger partial charge < -0.3 is 20.8 Å². The highest BCUT2D eigenvalue weighted by Crippen LogP contribution is 2.68. The average Bonchev–Trinajstić information content (AvgIpc) is 3.36. The molecule has 4 N–H and O–H groups in total. The van der Waals surface area contributed by atoms with Gasteiger partial charge in [0.1, 0.15) is 17.1 Å². The molecule has 5 fully saturated rings. The predicted octanol–water partition coefficient (Wildman–Crippen LogP) is 3.82. The van der Waals surface area contributed by atoms with Crippen molar-refractivity contribution in [3.8, 4) is 12.3 Å². The topological polar surface area (TPSA) is 119 Å². The van der Waals surface area contributed by atoms with Crippen molar-refractivity contribution in [3.05, 3.63) is 11.3 Å². The van der Waals surface area contributed by atoms with Crippen molar-refractivity contribution < 1.29 is 24.6 Å². The van der Waals surface area contributed by atoms with Gasteiger partial charge in [-0.15, -0.1) is 18.2 Å². The van der Waals surface area contributed by atoms with Crippen molar-refractivity contribution in [2.75, 3.05) is 12.3 Å². The van der Waals surface area contributed by atoms with Gasteiger partial charge in [0, 0.05) is 12.2 Å². The molecule has 4 aliphatic carbocycles. The van der Waals surface area contributed by atoms with Crippen LogP contribution < -0.4 is 10.6 Å². The second-order valence-corrected chi connectivity index (χ2v) is 16.5. The lowest BCUT2D eigenvalue weighted by atomic mass is 9.43. The van der Waals surface area contributed by atoms with Crippen molar-refractivity contribution in [2.24, 2.45) is 46.3 Å². The largest absolute Gasteiger partial charge is 0.393 e. The molecule has 44 heavy (non-hydrogen) atoms. The number of carbonyl (C=O) groups excluding carboxylic acids is 3. The summed E-state index contributed by atoms with van der Waals surface area (Å²) < 4.78 is 0. The zero-order valence-electron chi connectivity index (χ0n) is 26.8. The molecular weight excluding hydrogens is 574 g/mol. The van der Waals surface area contributed by atoms with Gasteiger partial charge >= 0.3 is 0 Å². The normalized spacial score (nSPS) is 43.4. The number of aliphatic hydroxyl groups is 2. The number of carbonyl (C=O) groups is 3. The fourth-order valence-electron chi connectivity index (χ4n) is 11.0. The number of thioether (sulfide) groups is 1. The highest BCUT2D eigenvalue weighted by Gasteiger charge is 2.63. The Balaban J connectivity index is 1.05. The number of nitrogens with one attached hydrogen (secondary N) is 2. The summed E-state index contributed by atoms with van der Waals surface area (Å²) in [6.45, 7) is 8.97. The molecule has 242 valence electrons. The molecule has 0 bridgehead atoms. The number of hydrogen-bond acceptors (Lipinski definition) is 6. The molecule has 9 heteroatoms. The Labute approximate surface area is 266 Å². The molecule has 0 aromatic heterocycles. The maximum absolute atomic E-state index is 13.1. The molecule has 1 saturated heterocycles. The Hall–Kier alpha value is -2.02. The van der Waals surface area contributed by atoms with E-state index in [9.17, 15) is 24.6 Å². The first-order chi connectivity index (χ1) is 20.9. The predicted molar refractivity (Wildman–Crippen MR) is 171 cm³/mol. The van der Waals surface area contributed by atoms with Gasteiger partial charge in [0.25, 0.3) is 11.8 Å². The van der Waals surface area contributed by atoms with Crippen LogP contribution in [0.4, 0.5) is 0 Å². The fourth-order valence-corrected chi connectivity index (χ4v) is 12.3. The van der Waals surface area contributed by atoms with Gasteiger partial charge in [-0.2, -0.15) is 0 Å². The lowest BCUT2D eigenvalue weighted by Gasteiger charge is -2.62. The van der Waals surface area contributed by atoms with E-state index in [0.29, 0.717) is 47.5 Å². The number of fused-ring (bicyclic) bond motifs is 6. The summed E-state index contributed by atoms with van der Waals surface area (Å²) in [5.74, 6) is 5.16. The van der Waals surface area contributed by atoms with Crippen LogP contribution in [0.5, 0.6) is 0 Å². The van der Waals surface area contributed by atoms with Gasteiger partial charge in [-0.3, -0.25) is 19.3 Å². The zero-order valence-corrected chi connectivity index (χ0v) is 27.6. The molecule has 0 radical (unpaired) electrons. The summed E-state index contributed by atoms with van der Waals surface area (Å²) in [6, 6.07) is -0.630. The van der Waals surface area contributed by atoms with E-state index in [1.165, 1.54) is 17.7 Å². The summed E-state index contributed by atoms with van der Waals surface area (Å²) in [6.07, 6.45) is 14.2. The minimum atomic E-state index is -0.630. The molecule has 0 aromatic carbocycles. The summed E-state index contributed by atoms with van der Waals surface area (Å²) in [4.78, 5) is 40.4. The monoisotopic (exact) mass is 625 g/mol. The Morgan fingerprint density at radius 3 is 2.66 bits per heavy atom. The molecule has 2 heterocycles. The second-order valence-electron chi connectivity index (χ2n) is 15.4. The van der Waals surface area contributed by atoms with Crippen molar-refractivity contribution in [1.29, 1.82) is 0 Å². The van der Waals surface area contributed by atoms with E-state index < -0.39 is 6.04 Å². The van der Waals surface area contributed by atoms with Gasteiger partial charge in [-0.1, -0.05) is 26.7 Å². The van der Waals surface area contributed by atoms with E-state index in [1.54, 1.807) is 11.8 Å².